The Bertz CT molecular complexity index is 2040. The topological polar surface area (TPSA) is 168 Å². The molecule has 0 unspecified atom stereocenters. The SMILES string of the molecule is CC(C)(C)c1cc(C(C)(C)c2cc(C(C)(C)C)c(Oc3ccc(C(=O)O)c(C(=O)O)c3)c(C(C)(C)C)c2)cc(C(C)(C)C)c1Oc1ccc(C(=O)O)c(C(=O)O)c1. The Hall–Kier alpha value is -5.64. The zero-order valence-corrected chi connectivity index (χ0v) is 35.5. The molecule has 0 aliphatic heterocycles. The molecule has 0 radical (unpaired) electrons. The fourth-order valence-electron chi connectivity index (χ4n) is 6.73. The summed E-state index contributed by atoms with van der Waals surface area (Å²) in [7, 11) is 0. The molecule has 4 N–H and O–H groups in total. The fraction of sp³-hybridized carbons (Fsp3) is 0.404. The molecule has 0 aliphatic carbocycles. The first-order valence-corrected chi connectivity index (χ1v) is 18.8. The van der Waals surface area contributed by atoms with Crippen LogP contribution < -0.4 is 9.47 Å². The minimum absolute atomic E-state index is 0.203. The lowest BCUT2D eigenvalue weighted by Gasteiger charge is -2.37. The molecule has 0 heterocycles. The second kappa shape index (κ2) is 15.0. The summed E-state index contributed by atoms with van der Waals surface area (Å²) < 4.78 is 13.2. The van der Waals surface area contributed by atoms with Gasteiger partial charge in [-0.25, -0.2) is 19.2 Å². The van der Waals surface area contributed by atoms with E-state index in [-0.39, 0.29) is 33.8 Å². The first-order valence-electron chi connectivity index (χ1n) is 18.8. The Labute approximate surface area is 335 Å². The van der Waals surface area contributed by atoms with Crippen molar-refractivity contribution in [3.63, 3.8) is 0 Å². The van der Waals surface area contributed by atoms with E-state index in [0.717, 1.165) is 33.4 Å². The van der Waals surface area contributed by atoms with E-state index in [1.807, 2.05) is 0 Å². The number of carboxylic acid groups (broad SMARTS) is 4. The summed E-state index contributed by atoms with van der Waals surface area (Å²) in [5, 5.41) is 38.9. The predicted octanol–water partition coefficient (Wildman–Crippen LogP) is 11.6. The van der Waals surface area contributed by atoms with Crippen LogP contribution in [0.15, 0.2) is 60.7 Å². The van der Waals surface area contributed by atoms with Crippen molar-refractivity contribution in [3.05, 3.63) is 116 Å². The van der Waals surface area contributed by atoms with Crippen LogP contribution in [0, 0.1) is 0 Å². The van der Waals surface area contributed by atoms with Crippen LogP contribution in [0.25, 0.3) is 0 Å². The molecule has 0 aliphatic rings. The Kier molecular flexibility index (Phi) is 11.6. The van der Waals surface area contributed by atoms with Gasteiger partial charge in [-0.15, -0.1) is 0 Å². The number of carbonyl (C=O) groups is 4. The van der Waals surface area contributed by atoms with E-state index >= 15 is 0 Å². The maximum Gasteiger partial charge on any atom is 0.336 e. The zero-order chi connectivity index (χ0) is 43.4. The van der Waals surface area contributed by atoms with Gasteiger partial charge in [0, 0.05) is 27.7 Å². The van der Waals surface area contributed by atoms with Crippen LogP contribution in [0.4, 0.5) is 0 Å². The molecule has 0 saturated heterocycles. The van der Waals surface area contributed by atoms with Crippen LogP contribution in [0.1, 0.15) is 172 Å². The monoisotopic (exact) mass is 780 g/mol. The van der Waals surface area contributed by atoms with Crippen LogP contribution in [-0.4, -0.2) is 44.3 Å². The number of carboxylic acids is 4. The summed E-state index contributed by atoms with van der Waals surface area (Å²) in [5.74, 6) is -3.89. The Morgan fingerprint density at radius 2 is 0.632 bits per heavy atom. The second-order valence-corrected chi connectivity index (χ2v) is 19.3. The minimum Gasteiger partial charge on any atom is -0.478 e. The van der Waals surface area contributed by atoms with E-state index in [4.69, 9.17) is 9.47 Å². The van der Waals surface area contributed by atoms with Gasteiger partial charge in [-0.1, -0.05) is 121 Å². The maximum atomic E-state index is 12.1. The molecule has 0 atom stereocenters. The molecule has 0 amide bonds. The van der Waals surface area contributed by atoms with Gasteiger partial charge in [-0.3, -0.25) is 0 Å². The van der Waals surface area contributed by atoms with Gasteiger partial charge in [0.25, 0.3) is 0 Å². The normalized spacial score (nSPS) is 12.6. The molecule has 57 heavy (non-hydrogen) atoms. The van der Waals surface area contributed by atoms with Crippen LogP contribution in [0.3, 0.4) is 0 Å². The van der Waals surface area contributed by atoms with Crippen LogP contribution in [0.5, 0.6) is 23.0 Å². The average molecular weight is 781 g/mol. The van der Waals surface area contributed by atoms with Gasteiger partial charge in [0.15, 0.2) is 0 Å². The lowest BCUT2D eigenvalue weighted by atomic mass is 9.69. The van der Waals surface area contributed by atoms with Gasteiger partial charge in [0.2, 0.25) is 0 Å². The van der Waals surface area contributed by atoms with Crippen molar-refractivity contribution < 1.29 is 49.1 Å². The lowest BCUT2D eigenvalue weighted by molar-refractivity contribution is 0.0651. The highest BCUT2D eigenvalue weighted by atomic mass is 16.5. The number of hydrogen-bond acceptors (Lipinski definition) is 6. The van der Waals surface area contributed by atoms with Crippen molar-refractivity contribution in [1.29, 1.82) is 0 Å². The summed E-state index contributed by atoms with van der Waals surface area (Å²) in [5.41, 5.74) is 1.69. The summed E-state index contributed by atoms with van der Waals surface area (Å²) in [6.07, 6.45) is 0. The number of aromatic carboxylic acids is 4. The predicted molar refractivity (Wildman–Crippen MR) is 221 cm³/mol. The van der Waals surface area contributed by atoms with Gasteiger partial charge in [0.05, 0.1) is 22.3 Å². The molecule has 4 aromatic rings. The zero-order valence-electron chi connectivity index (χ0n) is 35.5. The van der Waals surface area contributed by atoms with Crippen molar-refractivity contribution in [1.82, 2.24) is 0 Å². The maximum absolute atomic E-state index is 12.1. The third-order valence-corrected chi connectivity index (χ3v) is 10.2. The Morgan fingerprint density at radius 1 is 0.386 bits per heavy atom. The summed E-state index contributed by atoms with van der Waals surface area (Å²) in [6, 6.07) is 16.4. The molecule has 4 rings (SSSR count). The molecule has 10 heteroatoms. The van der Waals surface area contributed by atoms with E-state index in [1.54, 1.807) is 0 Å². The molecule has 0 saturated carbocycles. The van der Waals surface area contributed by atoms with Gasteiger partial charge < -0.3 is 29.9 Å². The van der Waals surface area contributed by atoms with Gasteiger partial charge in [-0.05, 0) is 69.2 Å². The summed E-state index contributed by atoms with van der Waals surface area (Å²) in [6.45, 7) is 29.3. The molecule has 0 aromatic heterocycles. The van der Waals surface area contributed by atoms with Crippen LogP contribution in [-0.2, 0) is 27.1 Å². The molecule has 304 valence electrons. The minimum atomic E-state index is -1.37. The highest BCUT2D eigenvalue weighted by Crippen LogP contribution is 2.49. The molecule has 10 nitrogen and oxygen atoms in total. The highest BCUT2D eigenvalue weighted by molar-refractivity contribution is 6.02. The molecule has 4 aromatic carbocycles. The Morgan fingerprint density at radius 3 is 0.842 bits per heavy atom. The molecule has 0 fully saturated rings. The summed E-state index contributed by atoms with van der Waals surface area (Å²) in [4.78, 5) is 47.7. The molecular formula is C47H56O10. The van der Waals surface area contributed by atoms with Crippen molar-refractivity contribution in [2.24, 2.45) is 0 Å². The van der Waals surface area contributed by atoms with E-state index in [1.165, 1.54) is 36.4 Å². The largest absolute Gasteiger partial charge is 0.478 e. The van der Waals surface area contributed by atoms with Gasteiger partial charge in [-0.2, -0.15) is 0 Å². The lowest BCUT2D eigenvalue weighted by Crippen LogP contribution is -2.27. The van der Waals surface area contributed by atoms with Crippen LogP contribution in [0.2, 0.25) is 0 Å². The smallest absolute Gasteiger partial charge is 0.336 e. The number of rotatable bonds is 10. The number of benzene rings is 4. The number of ether oxygens (including phenoxy) is 2. The molecule has 0 bridgehead atoms. The third-order valence-electron chi connectivity index (χ3n) is 10.2. The fourth-order valence-corrected chi connectivity index (χ4v) is 6.73. The second-order valence-electron chi connectivity index (χ2n) is 19.3. The standard InChI is InChI=1S/C47H56O10/c1-43(2,3)33-19-25(20-34(44(4,5)6)37(33)56-27-15-17-29(39(48)49)31(23-27)41(52)53)47(13,14)26-21-35(45(7,8)9)38(36(22-26)46(10,11)12)57-28-16-18-30(40(50)51)32(24-28)42(54)55/h15-24H,1-14H3,(H,48,49)(H,50,51)(H,52,53)(H,54,55). The van der Waals surface area contributed by atoms with Crippen molar-refractivity contribution in [2.45, 2.75) is 124 Å². The van der Waals surface area contributed by atoms with Crippen molar-refractivity contribution in [3.8, 4) is 23.0 Å². The Balaban J connectivity index is 2.02. The first kappa shape index (κ1) is 44.1. The molecule has 0 spiro atoms. The first-order chi connectivity index (χ1) is 25.8. The van der Waals surface area contributed by atoms with Gasteiger partial charge in [0.1, 0.15) is 23.0 Å². The van der Waals surface area contributed by atoms with E-state index in [2.05, 4.69) is 121 Å². The van der Waals surface area contributed by atoms with Crippen molar-refractivity contribution in [2.75, 3.05) is 0 Å². The average Bonchev–Trinajstić information content (AvgIpc) is 3.05. The van der Waals surface area contributed by atoms with Crippen LogP contribution >= 0.6 is 0 Å². The third kappa shape index (κ3) is 9.33. The van der Waals surface area contributed by atoms with E-state index in [9.17, 15) is 39.6 Å². The summed E-state index contributed by atoms with van der Waals surface area (Å²) >= 11 is 0. The quantitative estimate of drug-likeness (QED) is 0.122. The highest BCUT2D eigenvalue weighted by Gasteiger charge is 2.36. The van der Waals surface area contributed by atoms with E-state index in [0.29, 0.717) is 11.5 Å². The van der Waals surface area contributed by atoms with E-state index < -0.39 is 51.0 Å². The van der Waals surface area contributed by atoms with Crippen molar-refractivity contribution >= 4 is 23.9 Å². The number of hydrogen-bond donors (Lipinski definition) is 4. The molecular weight excluding hydrogens is 725 g/mol. The van der Waals surface area contributed by atoms with Gasteiger partial charge >= 0.3 is 23.9 Å².